The predicted octanol–water partition coefficient (Wildman–Crippen LogP) is 3.74. The van der Waals surface area contributed by atoms with E-state index in [1.54, 1.807) is 26.0 Å². The number of nitrogens with one attached hydrogen (secondary N) is 2. The second-order valence-corrected chi connectivity index (χ2v) is 7.82. The molecule has 7 nitrogen and oxygen atoms in total. The van der Waals surface area contributed by atoms with E-state index in [1.807, 2.05) is 41.9 Å². The van der Waals surface area contributed by atoms with E-state index in [0.29, 0.717) is 28.5 Å². The fourth-order valence-corrected chi connectivity index (χ4v) is 4.24. The smallest absolute Gasteiger partial charge is 0.279 e. The molecule has 4 rings (SSSR count). The van der Waals surface area contributed by atoms with Crippen LogP contribution in [0.4, 0.5) is 0 Å². The zero-order valence-electron chi connectivity index (χ0n) is 16.3. The van der Waals surface area contributed by atoms with Crippen molar-refractivity contribution in [2.45, 2.75) is 27.3 Å². The van der Waals surface area contributed by atoms with E-state index in [2.05, 4.69) is 16.0 Å². The Morgan fingerprint density at radius 1 is 1.07 bits per heavy atom. The number of carbonyl (C=O) groups is 2. The lowest BCUT2D eigenvalue weighted by Crippen LogP contribution is -2.41. The summed E-state index contributed by atoms with van der Waals surface area (Å²) in [6, 6.07) is 13.5. The molecule has 0 atom stereocenters. The molecule has 0 unspecified atom stereocenters. The van der Waals surface area contributed by atoms with Crippen LogP contribution < -0.4 is 10.9 Å². The van der Waals surface area contributed by atoms with Gasteiger partial charge in [0.1, 0.15) is 16.4 Å². The molecule has 0 spiro atoms. The maximum Gasteiger partial charge on any atom is 0.279 e. The van der Waals surface area contributed by atoms with Gasteiger partial charge in [-0.25, -0.2) is 0 Å². The highest BCUT2D eigenvalue weighted by Crippen LogP contribution is 2.28. The first kappa shape index (κ1) is 18.9. The van der Waals surface area contributed by atoms with E-state index in [0.717, 1.165) is 21.5 Å². The van der Waals surface area contributed by atoms with Gasteiger partial charge in [0.2, 0.25) is 0 Å². The number of benzene rings is 1. The first-order valence-electron chi connectivity index (χ1n) is 9.11. The number of nitrogens with zero attached hydrogens (tertiary/aromatic N) is 2. The molecule has 0 bridgehead atoms. The van der Waals surface area contributed by atoms with Crippen LogP contribution in [-0.4, -0.2) is 21.6 Å². The van der Waals surface area contributed by atoms with Crippen molar-refractivity contribution in [3.8, 4) is 0 Å². The van der Waals surface area contributed by atoms with Crippen LogP contribution in [0.2, 0.25) is 0 Å². The van der Waals surface area contributed by atoms with Crippen molar-refractivity contribution >= 4 is 33.4 Å². The largest absolute Gasteiger partial charge is 0.466 e. The van der Waals surface area contributed by atoms with Gasteiger partial charge in [-0.3, -0.25) is 25.1 Å². The maximum atomic E-state index is 12.6. The molecular weight excluding hydrogens is 388 g/mol. The van der Waals surface area contributed by atoms with Crippen LogP contribution in [0.5, 0.6) is 0 Å². The highest BCUT2D eigenvalue weighted by molar-refractivity contribution is 7.20. The van der Waals surface area contributed by atoms with Crippen molar-refractivity contribution in [2.75, 3.05) is 0 Å². The summed E-state index contributed by atoms with van der Waals surface area (Å²) < 4.78 is 7.25. The molecular formula is C21H20N4O3S. The van der Waals surface area contributed by atoms with E-state index in [-0.39, 0.29) is 5.91 Å². The predicted molar refractivity (Wildman–Crippen MR) is 111 cm³/mol. The second-order valence-electron chi connectivity index (χ2n) is 6.79. The van der Waals surface area contributed by atoms with E-state index in [4.69, 9.17) is 4.42 Å². The van der Waals surface area contributed by atoms with Gasteiger partial charge >= 0.3 is 0 Å². The molecule has 0 saturated heterocycles. The average molecular weight is 408 g/mol. The first-order valence-corrected chi connectivity index (χ1v) is 9.92. The summed E-state index contributed by atoms with van der Waals surface area (Å²) in [6.45, 7) is 6.02. The van der Waals surface area contributed by atoms with Gasteiger partial charge in [0, 0.05) is 5.39 Å². The number of rotatable bonds is 4. The average Bonchev–Trinajstić information content (AvgIpc) is 3.36. The van der Waals surface area contributed by atoms with Gasteiger partial charge in [-0.2, -0.15) is 5.10 Å². The zero-order valence-corrected chi connectivity index (χ0v) is 17.1. The summed E-state index contributed by atoms with van der Waals surface area (Å²) in [7, 11) is 0. The van der Waals surface area contributed by atoms with Gasteiger partial charge < -0.3 is 4.42 Å². The lowest BCUT2D eigenvalue weighted by atomic mass is 10.2. The summed E-state index contributed by atoms with van der Waals surface area (Å²) >= 11 is 1.35. The Hall–Kier alpha value is -3.39. The molecule has 29 heavy (non-hydrogen) atoms. The quantitative estimate of drug-likeness (QED) is 0.504. The Morgan fingerprint density at radius 3 is 2.48 bits per heavy atom. The van der Waals surface area contributed by atoms with E-state index in [1.165, 1.54) is 11.3 Å². The number of hydrazine groups is 1. The maximum absolute atomic E-state index is 12.6. The minimum absolute atomic E-state index is 0.372. The monoisotopic (exact) mass is 408 g/mol. The third kappa shape index (κ3) is 3.79. The summed E-state index contributed by atoms with van der Waals surface area (Å²) in [5, 5.41) is 5.52. The summed E-state index contributed by atoms with van der Waals surface area (Å²) in [5.41, 5.74) is 7.31. The molecule has 0 saturated carbocycles. The summed E-state index contributed by atoms with van der Waals surface area (Å²) in [4.78, 5) is 26.2. The number of aryl methyl sites for hydroxylation is 3. The molecule has 0 aliphatic heterocycles. The number of carbonyl (C=O) groups excluding carboxylic acids is 2. The van der Waals surface area contributed by atoms with Gasteiger partial charge in [0.25, 0.3) is 11.8 Å². The number of hydrogen-bond acceptors (Lipinski definition) is 5. The topological polar surface area (TPSA) is 89.2 Å². The lowest BCUT2D eigenvalue weighted by Gasteiger charge is -2.05. The highest BCUT2D eigenvalue weighted by Gasteiger charge is 2.18. The third-order valence-corrected chi connectivity index (χ3v) is 5.73. The minimum Gasteiger partial charge on any atom is -0.466 e. The van der Waals surface area contributed by atoms with Crippen LogP contribution in [0.25, 0.3) is 10.2 Å². The molecule has 4 aromatic rings. The van der Waals surface area contributed by atoms with Crippen molar-refractivity contribution in [3.63, 3.8) is 0 Å². The van der Waals surface area contributed by atoms with Crippen LogP contribution in [0.3, 0.4) is 0 Å². The lowest BCUT2D eigenvalue weighted by molar-refractivity contribution is 0.0848. The number of fused-ring (bicyclic) bond motifs is 1. The van der Waals surface area contributed by atoms with E-state index in [9.17, 15) is 9.59 Å². The molecule has 1 aromatic carbocycles. The Balaban J connectivity index is 1.50. The van der Waals surface area contributed by atoms with Crippen LogP contribution in [0, 0.1) is 20.8 Å². The number of thiophene rings is 1. The standard InChI is InChI=1S/C21H20N4O3S/c1-12-9-17(14(3)28-12)19(26)22-23-20(27)18-10-16-13(2)24-25(21(16)29-18)11-15-7-5-4-6-8-15/h4-10H,11H2,1-3H3,(H,22,26)(H,23,27). The zero-order chi connectivity index (χ0) is 20.5. The minimum atomic E-state index is -0.416. The van der Waals surface area contributed by atoms with Gasteiger partial charge in [0.15, 0.2) is 0 Å². The Labute approximate surface area is 171 Å². The Morgan fingerprint density at radius 2 is 1.79 bits per heavy atom. The first-order chi connectivity index (χ1) is 13.9. The fourth-order valence-electron chi connectivity index (χ4n) is 3.19. The summed E-state index contributed by atoms with van der Waals surface area (Å²) in [6.07, 6.45) is 0. The van der Waals surface area contributed by atoms with E-state index < -0.39 is 5.91 Å². The van der Waals surface area contributed by atoms with Crippen LogP contribution >= 0.6 is 11.3 Å². The molecule has 148 valence electrons. The van der Waals surface area contributed by atoms with Crippen molar-refractivity contribution in [3.05, 3.63) is 75.7 Å². The van der Waals surface area contributed by atoms with E-state index >= 15 is 0 Å². The van der Waals surface area contributed by atoms with Crippen LogP contribution in [0.15, 0.2) is 46.9 Å². The van der Waals surface area contributed by atoms with Crippen LogP contribution in [0.1, 0.15) is 42.8 Å². The van der Waals surface area contributed by atoms with Crippen molar-refractivity contribution in [1.82, 2.24) is 20.6 Å². The number of hydrogen-bond donors (Lipinski definition) is 2. The second kappa shape index (κ2) is 7.56. The summed E-state index contributed by atoms with van der Waals surface area (Å²) in [5.74, 6) is 0.359. The van der Waals surface area contributed by atoms with Crippen molar-refractivity contribution in [1.29, 1.82) is 0 Å². The van der Waals surface area contributed by atoms with Gasteiger partial charge in [-0.05, 0) is 38.5 Å². The number of furan rings is 1. The molecule has 3 aromatic heterocycles. The molecule has 0 aliphatic carbocycles. The molecule has 3 heterocycles. The molecule has 0 aliphatic rings. The molecule has 0 radical (unpaired) electrons. The molecule has 0 fully saturated rings. The molecule has 8 heteroatoms. The van der Waals surface area contributed by atoms with Gasteiger partial charge in [0.05, 0.1) is 22.7 Å². The highest BCUT2D eigenvalue weighted by atomic mass is 32.1. The number of aromatic nitrogens is 2. The van der Waals surface area contributed by atoms with Crippen molar-refractivity contribution in [2.24, 2.45) is 0 Å². The van der Waals surface area contributed by atoms with Gasteiger partial charge in [-0.15, -0.1) is 11.3 Å². The SMILES string of the molecule is Cc1cc(C(=O)NNC(=O)c2cc3c(C)nn(Cc4ccccc4)c3s2)c(C)o1. The fraction of sp³-hybridized carbons (Fsp3) is 0.190. The van der Waals surface area contributed by atoms with Gasteiger partial charge in [-0.1, -0.05) is 30.3 Å². The molecule has 2 amide bonds. The molecule has 2 N–H and O–H groups in total. The van der Waals surface area contributed by atoms with Crippen LogP contribution in [-0.2, 0) is 6.54 Å². The number of amides is 2. The Kier molecular flexibility index (Phi) is 4.94. The normalized spacial score (nSPS) is 11.0. The van der Waals surface area contributed by atoms with Crippen molar-refractivity contribution < 1.29 is 14.0 Å². The third-order valence-electron chi connectivity index (χ3n) is 4.58. The Bertz CT molecular complexity index is 1200.